The van der Waals surface area contributed by atoms with Gasteiger partial charge in [0.25, 0.3) is 5.91 Å². The van der Waals surface area contributed by atoms with Crippen LogP contribution in [0.1, 0.15) is 56.1 Å². The first kappa shape index (κ1) is 22.4. The third-order valence-electron chi connectivity index (χ3n) is 7.10. The number of methoxy groups -OCH3 is 1. The summed E-state index contributed by atoms with van der Waals surface area (Å²) in [6.07, 6.45) is 8.17. The molecule has 1 aliphatic carbocycles. The van der Waals surface area contributed by atoms with Crippen LogP contribution in [0, 0.1) is 0 Å². The zero-order valence-corrected chi connectivity index (χ0v) is 19.5. The highest BCUT2D eigenvalue weighted by atomic mass is 16.5. The highest BCUT2D eigenvalue weighted by molar-refractivity contribution is 5.84. The summed E-state index contributed by atoms with van der Waals surface area (Å²) in [7, 11) is 3.68. The lowest BCUT2D eigenvalue weighted by molar-refractivity contribution is -0.675. The fourth-order valence-electron chi connectivity index (χ4n) is 5.07. The number of carbonyl (C=O) groups excluding carboxylic acids is 1. The molecular formula is C27H36N3O2+. The first-order chi connectivity index (χ1) is 15.6. The van der Waals surface area contributed by atoms with Crippen LogP contribution in [0.5, 0.6) is 5.75 Å². The number of likely N-dealkylation sites (N-methyl/N-ethyl adjacent to an activating group) is 1. The molecule has 1 amide bonds. The molecule has 5 nitrogen and oxygen atoms in total. The molecular weight excluding hydrogens is 398 g/mol. The SMILES string of the molecule is COc1ccc([C@H](C[NH2+][C@@H](C)C(=O)N(C)C2CCCCC2)c2c[nH]c3ccccc23)cc1. The van der Waals surface area contributed by atoms with Gasteiger partial charge >= 0.3 is 0 Å². The van der Waals surface area contributed by atoms with Gasteiger partial charge in [-0.05, 0) is 49.1 Å². The number of H-pyrrole nitrogens is 1. The van der Waals surface area contributed by atoms with Crippen LogP contribution in [0.2, 0.25) is 0 Å². The predicted octanol–water partition coefficient (Wildman–Crippen LogP) is 4.05. The Kier molecular flexibility index (Phi) is 7.15. The van der Waals surface area contributed by atoms with Crippen molar-refractivity contribution >= 4 is 16.8 Å². The summed E-state index contributed by atoms with van der Waals surface area (Å²) in [5.74, 6) is 1.27. The van der Waals surface area contributed by atoms with Gasteiger partial charge in [-0.25, -0.2) is 0 Å². The van der Waals surface area contributed by atoms with Gasteiger partial charge in [-0.1, -0.05) is 49.6 Å². The van der Waals surface area contributed by atoms with E-state index in [1.165, 1.54) is 35.8 Å². The van der Waals surface area contributed by atoms with Gasteiger partial charge in [0.2, 0.25) is 0 Å². The Morgan fingerprint density at radius 2 is 1.84 bits per heavy atom. The zero-order valence-electron chi connectivity index (χ0n) is 19.5. The number of amides is 1. The van der Waals surface area contributed by atoms with E-state index in [2.05, 4.69) is 52.9 Å². The third kappa shape index (κ3) is 4.83. The minimum Gasteiger partial charge on any atom is -0.497 e. The Labute approximate surface area is 191 Å². The zero-order chi connectivity index (χ0) is 22.5. The van der Waals surface area contributed by atoms with Gasteiger partial charge in [-0.15, -0.1) is 0 Å². The number of quaternary nitrogens is 1. The predicted molar refractivity (Wildman–Crippen MR) is 129 cm³/mol. The second-order valence-electron chi connectivity index (χ2n) is 9.12. The lowest BCUT2D eigenvalue weighted by Crippen LogP contribution is -2.92. The normalized spacial score (nSPS) is 16.6. The Hall–Kier alpha value is -2.79. The number of fused-ring (bicyclic) bond motifs is 1. The molecule has 1 saturated carbocycles. The molecule has 1 fully saturated rings. The van der Waals surface area contributed by atoms with Gasteiger partial charge in [0.05, 0.1) is 19.6 Å². The summed E-state index contributed by atoms with van der Waals surface area (Å²) in [6, 6.07) is 17.0. The van der Waals surface area contributed by atoms with Gasteiger partial charge in [0.15, 0.2) is 6.04 Å². The maximum atomic E-state index is 13.1. The molecule has 170 valence electrons. The van der Waals surface area contributed by atoms with Crippen molar-refractivity contribution in [3.05, 3.63) is 65.9 Å². The molecule has 0 radical (unpaired) electrons. The fraction of sp³-hybridized carbons (Fsp3) is 0.444. The number of nitrogens with zero attached hydrogens (tertiary/aromatic N) is 1. The molecule has 0 spiro atoms. The van der Waals surface area contributed by atoms with Gasteiger partial charge in [-0.2, -0.15) is 0 Å². The Morgan fingerprint density at radius 3 is 2.56 bits per heavy atom. The number of aromatic amines is 1. The molecule has 0 unspecified atom stereocenters. The van der Waals surface area contributed by atoms with E-state index in [9.17, 15) is 4.79 Å². The summed E-state index contributed by atoms with van der Waals surface area (Å²) in [4.78, 5) is 18.6. The second-order valence-corrected chi connectivity index (χ2v) is 9.12. The standard InChI is InChI=1S/C27H35N3O2/c1-19(27(31)30(2)21-9-5-4-6-10-21)28-17-24(20-13-15-22(32-3)16-14-20)25-18-29-26-12-8-7-11-23(25)26/h7-8,11-16,18-19,21,24,28-29H,4-6,9-10,17H2,1-3H3/p+1/t19-,24-/m0/s1. The number of nitrogens with two attached hydrogens (primary N) is 1. The van der Waals surface area contributed by atoms with Crippen LogP contribution in [0.4, 0.5) is 0 Å². The van der Waals surface area contributed by atoms with Crippen LogP contribution in [0.15, 0.2) is 54.7 Å². The molecule has 0 bridgehead atoms. The first-order valence-corrected chi connectivity index (χ1v) is 11.9. The average Bonchev–Trinajstić information content (AvgIpc) is 3.28. The van der Waals surface area contributed by atoms with Gasteiger partial charge < -0.3 is 19.9 Å². The van der Waals surface area contributed by atoms with E-state index < -0.39 is 0 Å². The minimum absolute atomic E-state index is 0.104. The van der Waals surface area contributed by atoms with E-state index in [1.807, 2.05) is 31.0 Å². The molecule has 1 aromatic heterocycles. The van der Waals surface area contributed by atoms with E-state index >= 15 is 0 Å². The van der Waals surface area contributed by atoms with Crippen LogP contribution >= 0.6 is 0 Å². The number of para-hydroxylation sites is 1. The average molecular weight is 435 g/mol. The van der Waals surface area contributed by atoms with Crippen LogP contribution in [0.3, 0.4) is 0 Å². The number of nitrogens with one attached hydrogen (secondary N) is 1. The molecule has 3 N–H and O–H groups in total. The van der Waals surface area contributed by atoms with Crippen molar-refractivity contribution in [2.24, 2.45) is 0 Å². The maximum absolute atomic E-state index is 13.1. The molecule has 0 saturated heterocycles. The van der Waals surface area contributed by atoms with Gasteiger partial charge in [0, 0.05) is 30.2 Å². The molecule has 1 aliphatic rings. The molecule has 1 heterocycles. The molecule has 4 rings (SSSR count). The number of ether oxygens (including phenoxy) is 1. The minimum atomic E-state index is -0.104. The Morgan fingerprint density at radius 1 is 1.12 bits per heavy atom. The number of hydrogen-bond acceptors (Lipinski definition) is 2. The van der Waals surface area contributed by atoms with E-state index in [-0.39, 0.29) is 17.9 Å². The monoisotopic (exact) mass is 434 g/mol. The summed E-state index contributed by atoms with van der Waals surface area (Å²) in [5, 5.41) is 3.44. The maximum Gasteiger partial charge on any atom is 0.280 e. The Bertz CT molecular complexity index is 1020. The van der Waals surface area contributed by atoms with Crippen LogP contribution in [0.25, 0.3) is 10.9 Å². The largest absolute Gasteiger partial charge is 0.497 e. The van der Waals surface area contributed by atoms with Crippen molar-refractivity contribution in [3.63, 3.8) is 0 Å². The number of benzene rings is 2. The lowest BCUT2D eigenvalue weighted by Gasteiger charge is -2.32. The molecule has 2 aromatic carbocycles. The quantitative estimate of drug-likeness (QED) is 0.562. The van der Waals surface area contributed by atoms with Crippen LogP contribution in [-0.4, -0.2) is 48.6 Å². The molecule has 2 atom stereocenters. The molecule has 3 aromatic rings. The van der Waals surface area contributed by atoms with Crippen molar-refractivity contribution in [2.75, 3.05) is 20.7 Å². The number of carbonyl (C=O) groups is 1. The van der Waals surface area contributed by atoms with Crippen molar-refractivity contribution in [1.82, 2.24) is 9.88 Å². The van der Waals surface area contributed by atoms with Crippen molar-refractivity contribution in [1.29, 1.82) is 0 Å². The number of hydrogen-bond donors (Lipinski definition) is 2. The summed E-state index contributed by atoms with van der Waals surface area (Å²) >= 11 is 0. The number of aromatic nitrogens is 1. The number of rotatable bonds is 8. The summed E-state index contributed by atoms with van der Waals surface area (Å²) in [6.45, 7) is 2.85. The molecule has 5 heteroatoms. The first-order valence-electron chi connectivity index (χ1n) is 11.9. The Balaban J connectivity index is 1.53. The van der Waals surface area contributed by atoms with Crippen molar-refractivity contribution in [2.45, 2.75) is 57.0 Å². The van der Waals surface area contributed by atoms with Crippen molar-refractivity contribution in [3.8, 4) is 5.75 Å². The molecule has 32 heavy (non-hydrogen) atoms. The van der Waals surface area contributed by atoms with Crippen molar-refractivity contribution < 1.29 is 14.8 Å². The smallest absolute Gasteiger partial charge is 0.280 e. The van der Waals surface area contributed by atoms with E-state index in [0.29, 0.717) is 6.04 Å². The summed E-state index contributed by atoms with van der Waals surface area (Å²) in [5.41, 5.74) is 3.64. The third-order valence-corrected chi connectivity index (χ3v) is 7.10. The van der Waals surface area contributed by atoms with E-state index in [1.54, 1.807) is 7.11 Å². The summed E-state index contributed by atoms with van der Waals surface area (Å²) < 4.78 is 5.36. The highest BCUT2D eigenvalue weighted by Crippen LogP contribution is 2.31. The van der Waals surface area contributed by atoms with E-state index in [4.69, 9.17) is 4.74 Å². The van der Waals surface area contributed by atoms with Crippen LogP contribution in [-0.2, 0) is 4.79 Å². The highest BCUT2D eigenvalue weighted by Gasteiger charge is 2.29. The molecule has 0 aliphatic heterocycles. The van der Waals surface area contributed by atoms with Crippen LogP contribution < -0.4 is 10.1 Å². The second kappa shape index (κ2) is 10.2. The lowest BCUT2D eigenvalue weighted by atomic mass is 9.90. The fourth-order valence-corrected chi connectivity index (χ4v) is 5.07. The van der Waals surface area contributed by atoms with Gasteiger partial charge in [0.1, 0.15) is 5.75 Å². The van der Waals surface area contributed by atoms with E-state index in [0.717, 1.165) is 30.7 Å². The topological polar surface area (TPSA) is 61.9 Å². The van der Waals surface area contributed by atoms with Gasteiger partial charge in [-0.3, -0.25) is 4.79 Å².